The van der Waals surface area contributed by atoms with Gasteiger partial charge in [0.25, 0.3) is 0 Å². The van der Waals surface area contributed by atoms with E-state index in [0.717, 1.165) is 24.8 Å². The number of rotatable bonds is 8. The molecular formula is C26H39N3O6. The number of carbonyl (C=O) groups excluding carboxylic acids is 4. The van der Waals surface area contributed by atoms with Gasteiger partial charge >= 0.3 is 5.97 Å². The first-order valence-electron chi connectivity index (χ1n) is 12.3. The Morgan fingerprint density at radius 1 is 1.03 bits per heavy atom. The van der Waals surface area contributed by atoms with Crippen LogP contribution in [0.25, 0.3) is 0 Å². The Morgan fingerprint density at radius 2 is 1.71 bits per heavy atom. The molecule has 9 nitrogen and oxygen atoms in total. The zero-order valence-corrected chi connectivity index (χ0v) is 21.3. The van der Waals surface area contributed by atoms with Gasteiger partial charge in [0.2, 0.25) is 17.7 Å². The molecule has 0 bridgehead atoms. The first-order valence-corrected chi connectivity index (χ1v) is 12.3. The predicted octanol–water partition coefficient (Wildman–Crippen LogP) is 1.88. The molecule has 194 valence electrons. The summed E-state index contributed by atoms with van der Waals surface area (Å²) in [5, 5.41) is 8.09. The second-order valence-electron chi connectivity index (χ2n) is 9.27. The zero-order chi connectivity index (χ0) is 26.0. The topological polar surface area (TPSA) is 123 Å². The number of unbranched alkanes of at least 4 members (excludes halogenated alkanes) is 1. The molecule has 1 aromatic carbocycles. The Balaban J connectivity index is 2.37. The zero-order valence-electron chi connectivity index (χ0n) is 21.3. The minimum atomic E-state index is -1.09. The van der Waals surface area contributed by atoms with Crippen LogP contribution in [0.4, 0.5) is 0 Å². The monoisotopic (exact) mass is 489 g/mol. The van der Waals surface area contributed by atoms with Crippen LogP contribution in [0, 0.1) is 5.92 Å². The SMILES string of the molecule is CCCC[C@H](C)[C@@H]1CC(=O)N[C@@H](Cc2ccccc2)C(=O)N[C@@H](C)C(=O)N[C@@H]([C@@H](C)OC)C(=O)O1. The average molecular weight is 490 g/mol. The number of nitrogens with one attached hydrogen (secondary N) is 3. The highest BCUT2D eigenvalue weighted by molar-refractivity contribution is 5.94. The van der Waals surface area contributed by atoms with Crippen LogP contribution in [-0.4, -0.2) is 61.1 Å². The van der Waals surface area contributed by atoms with Crippen LogP contribution in [-0.2, 0) is 35.1 Å². The summed E-state index contributed by atoms with van der Waals surface area (Å²) in [4.78, 5) is 52.1. The maximum atomic E-state index is 13.1. The highest BCUT2D eigenvalue weighted by Gasteiger charge is 2.35. The Morgan fingerprint density at radius 3 is 2.34 bits per heavy atom. The first kappa shape index (κ1) is 28.3. The van der Waals surface area contributed by atoms with Gasteiger partial charge in [0.1, 0.15) is 18.2 Å². The van der Waals surface area contributed by atoms with Gasteiger partial charge < -0.3 is 25.4 Å². The molecule has 1 aliphatic rings. The number of carbonyl (C=O) groups is 4. The summed E-state index contributed by atoms with van der Waals surface area (Å²) in [5.41, 5.74) is 0.864. The fourth-order valence-corrected chi connectivity index (χ4v) is 3.95. The second kappa shape index (κ2) is 13.8. The van der Waals surface area contributed by atoms with E-state index in [9.17, 15) is 19.2 Å². The Labute approximate surface area is 207 Å². The second-order valence-corrected chi connectivity index (χ2v) is 9.27. The number of hydrogen-bond acceptors (Lipinski definition) is 6. The molecule has 1 fully saturated rings. The molecule has 35 heavy (non-hydrogen) atoms. The van der Waals surface area contributed by atoms with Gasteiger partial charge in [-0.2, -0.15) is 0 Å². The van der Waals surface area contributed by atoms with Crippen LogP contribution in [0.2, 0.25) is 0 Å². The molecule has 9 heteroatoms. The molecule has 0 radical (unpaired) electrons. The van der Waals surface area contributed by atoms with Gasteiger partial charge in [0.05, 0.1) is 12.5 Å². The molecule has 0 aliphatic carbocycles. The van der Waals surface area contributed by atoms with E-state index in [4.69, 9.17) is 9.47 Å². The van der Waals surface area contributed by atoms with E-state index >= 15 is 0 Å². The number of amides is 3. The molecule has 0 unspecified atom stereocenters. The number of esters is 1. The van der Waals surface area contributed by atoms with Crippen molar-refractivity contribution < 1.29 is 28.7 Å². The highest BCUT2D eigenvalue weighted by Crippen LogP contribution is 2.20. The molecule has 1 aliphatic heterocycles. The summed E-state index contributed by atoms with van der Waals surface area (Å²) in [6, 6.07) is 6.38. The van der Waals surface area contributed by atoms with Crippen LogP contribution < -0.4 is 16.0 Å². The fourth-order valence-electron chi connectivity index (χ4n) is 3.95. The van der Waals surface area contributed by atoms with E-state index in [-0.39, 0.29) is 18.8 Å². The van der Waals surface area contributed by atoms with Gasteiger partial charge in [-0.25, -0.2) is 4.79 Å². The van der Waals surface area contributed by atoms with Crippen molar-refractivity contribution in [1.29, 1.82) is 0 Å². The van der Waals surface area contributed by atoms with Crippen LogP contribution in [0.15, 0.2) is 30.3 Å². The summed E-state index contributed by atoms with van der Waals surface area (Å²) in [6.45, 7) is 7.16. The highest BCUT2D eigenvalue weighted by atomic mass is 16.6. The minimum Gasteiger partial charge on any atom is -0.460 e. The standard InChI is InChI=1S/C26H39N3O6/c1-6-7-11-16(2)21-15-22(30)28-20(14-19-12-9-8-10-13-19)25(32)27-17(3)24(31)29-23(18(4)34-5)26(33)35-21/h8-10,12-13,16-18,20-21,23H,6-7,11,14-15H2,1-5H3,(H,27,32)(H,28,30)(H,29,31)/t16-,17-,18+,20-,21-,23-/m0/s1. The van der Waals surface area contributed by atoms with Gasteiger partial charge in [-0.15, -0.1) is 0 Å². The van der Waals surface area contributed by atoms with Crippen molar-refractivity contribution in [3.05, 3.63) is 35.9 Å². The van der Waals surface area contributed by atoms with Crippen LogP contribution in [0.5, 0.6) is 0 Å². The maximum Gasteiger partial charge on any atom is 0.331 e. The number of benzene rings is 1. The van der Waals surface area contributed by atoms with Gasteiger partial charge in [-0.05, 0) is 31.7 Å². The van der Waals surface area contributed by atoms with E-state index in [1.165, 1.54) is 14.0 Å². The number of ether oxygens (including phenoxy) is 2. The van der Waals surface area contributed by atoms with Crippen LogP contribution >= 0.6 is 0 Å². The Bertz CT molecular complexity index is 862. The predicted molar refractivity (Wildman–Crippen MR) is 131 cm³/mol. The lowest BCUT2D eigenvalue weighted by Gasteiger charge is -2.28. The van der Waals surface area contributed by atoms with E-state index in [2.05, 4.69) is 22.9 Å². The number of methoxy groups -OCH3 is 1. The molecule has 1 aromatic rings. The summed E-state index contributed by atoms with van der Waals surface area (Å²) in [7, 11) is 1.43. The first-order chi connectivity index (χ1) is 16.7. The van der Waals surface area contributed by atoms with Crippen molar-refractivity contribution in [1.82, 2.24) is 16.0 Å². The van der Waals surface area contributed by atoms with E-state index in [1.54, 1.807) is 6.92 Å². The Hall–Kier alpha value is -2.94. The molecule has 1 saturated heterocycles. The quantitative estimate of drug-likeness (QED) is 0.479. The average Bonchev–Trinajstić information content (AvgIpc) is 2.84. The summed E-state index contributed by atoms with van der Waals surface area (Å²) < 4.78 is 11.1. The summed E-state index contributed by atoms with van der Waals surface area (Å²) >= 11 is 0. The van der Waals surface area contributed by atoms with Crippen molar-refractivity contribution in [3.63, 3.8) is 0 Å². The summed E-state index contributed by atoms with van der Waals surface area (Å²) in [6.07, 6.45) is 1.43. The molecule has 3 amide bonds. The molecule has 6 atom stereocenters. The third kappa shape index (κ3) is 8.65. The minimum absolute atomic E-state index is 0.0905. The summed E-state index contributed by atoms with van der Waals surface area (Å²) in [5.74, 6) is -2.20. The molecule has 0 aromatic heterocycles. The normalized spacial score (nSPS) is 26.1. The lowest BCUT2D eigenvalue weighted by Crippen LogP contribution is -2.56. The van der Waals surface area contributed by atoms with Crippen LogP contribution in [0.3, 0.4) is 0 Å². The van der Waals surface area contributed by atoms with E-state index in [0.29, 0.717) is 0 Å². The van der Waals surface area contributed by atoms with Crippen molar-refractivity contribution >= 4 is 23.7 Å². The third-order valence-corrected chi connectivity index (χ3v) is 6.38. The molecule has 2 rings (SSSR count). The van der Waals surface area contributed by atoms with Gasteiger partial charge in [0.15, 0.2) is 6.04 Å². The van der Waals surface area contributed by atoms with Crippen molar-refractivity contribution in [2.24, 2.45) is 5.92 Å². The molecule has 0 spiro atoms. The molecule has 1 heterocycles. The number of cyclic esters (lactones) is 1. The third-order valence-electron chi connectivity index (χ3n) is 6.38. The van der Waals surface area contributed by atoms with Crippen molar-refractivity contribution in [3.8, 4) is 0 Å². The fraction of sp³-hybridized carbons (Fsp3) is 0.615. The van der Waals surface area contributed by atoms with Gasteiger partial charge in [0, 0.05) is 13.5 Å². The lowest BCUT2D eigenvalue weighted by atomic mass is 9.95. The van der Waals surface area contributed by atoms with Gasteiger partial charge in [-0.3, -0.25) is 14.4 Å². The lowest BCUT2D eigenvalue weighted by molar-refractivity contribution is -0.160. The van der Waals surface area contributed by atoms with Gasteiger partial charge in [-0.1, -0.05) is 57.0 Å². The number of hydrogen-bond donors (Lipinski definition) is 3. The van der Waals surface area contributed by atoms with Crippen molar-refractivity contribution in [2.45, 2.75) is 90.1 Å². The van der Waals surface area contributed by atoms with Crippen molar-refractivity contribution in [2.75, 3.05) is 7.11 Å². The van der Waals surface area contributed by atoms with Crippen LogP contribution in [0.1, 0.15) is 58.9 Å². The molecular weight excluding hydrogens is 450 g/mol. The maximum absolute atomic E-state index is 13.1. The molecule has 0 saturated carbocycles. The smallest absolute Gasteiger partial charge is 0.331 e. The largest absolute Gasteiger partial charge is 0.460 e. The van der Waals surface area contributed by atoms with E-state index < -0.39 is 54.0 Å². The Kier molecular flexibility index (Phi) is 11.2. The van der Waals surface area contributed by atoms with E-state index in [1.807, 2.05) is 37.3 Å². The molecule has 3 N–H and O–H groups in total.